The quantitative estimate of drug-likeness (QED) is 0.773. The third kappa shape index (κ3) is 2.59. The number of carbonyl (C=O) groups is 2. The minimum Gasteiger partial charge on any atom is -0.353 e. The topological polar surface area (TPSA) is 80.1 Å². The van der Waals surface area contributed by atoms with Crippen LogP contribution in [-0.4, -0.2) is 50.8 Å². The minimum atomic E-state index is 0.0702. The number of hydrogen-bond acceptors (Lipinski definition) is 4. The maximum atomic E-state index is 12.2. The van der Waals surface area contributed by atoms with Gasteiger partial charge in [-0.25, -0.2) is 4.68 Å². The van der Waals surface area contributed by atoms with Gasteiger partial charge in [0.2, 0.25) is 11.8 Å². The Morgan fingerprint density at radius 2 is 2.37 bits per heavy atom. The Labute approximate surface area is 110 Å². The van der Waals surface area contributed by atoms with E-state index < -0.39 is 0 Å². The maximum Gasteiger partial charge on any atom is 0.244 e. The molecule has 102 valence electrons. The smallest absolute Gasteiger partial charge is 0.244 e. The van der Waals surface area contributed by atoms with Gasteiger partial charge in [-0.3, -0.25) is 9.59 Å². The molecule has 7 heteroatoms. The number of piperidine rings is 2. The van der Waals surface area contributed by atoms with Crippen LogP contribution in [-0.2, 0) is 16.1 Å². The fourth-order valence-corrected chi connectivity index (χ4v) is 2.89. The first-order valence-corrected chi connectivity index (χ1v) is 6.63. The highest BCUT2D eigenvalue weighted by Gasteiger charge is 2.35. The van der Waals surface area contributed by atoms with Gasteiger partial charge < -0.3 is 10.2 Å². The van der Waals surface area contributed by atoms with Crippen LogP contribution in [0, 0.1) is 5.92 Å². The lowest BCUT2D eigenvalue weighted by Gasteiger charge is -2.41. The second kappa shape index (κ2) is 4.99. The molecule has 0 bridgehead atoms. The van der Waals surface area contributed by atoms with Gasteiger partial charge in [-0.2, -0.15) is 0 Å². The minimum absolute atomic E-state index is 0.0702. The number of amides is 2. The van der Waals surface area contributed by atoms with Crippen molar-refractivity contribution in [2.45, 2.75) is 31.8 Å². The van der Waals surface area contributed by atoms with Gasteiger partial charge in [0.1, 0.15) is 6.54 Å². The fraction of sp³-hybridized carbons (Fsp3) is 0.667. The number of nitrogens with one attached hydrogen (secondary N) is 1. The van der Waals surface area contributed by atoms with Crippen LogP contribution >= 0.6 is 0 Å². The van der Waals surface area contributed by atoms with E-state index in [1.54, 1.807) is 12.4 Å². The lowest BCUT2D eigenvalue weighted by molar-refractivity contribution is -0.135. The summed E-state index contributed by atoms with van der Waals surface area (Å²) in [5.41, 5.74) is 0. The summed E-state index contributed by atoms with van der Waals surface area (Å²) in [7, 11) is 0. The average Bonchev–Trinajstić information content (AvgIpc) is 2.91. The van der Waals surface area contributed by atoms with Crippen molar-refractivity contribution in [1.82, 2.24) is 25.2 Å². The first-order chi connectivity index (χ1) is 9.22. The van der Waals surface area contributed by atoms with Gasteiger partial charge in [0.05, 0.1) is 6.20 Å². The van der Waals surface area contributed by atoms with Crippen molar-refractivity contribution in [2.24, 2.45) is 5.92 Å². The van der Waals surface area contributed by atoms with Crippen LogP contribution in [0.5, 0.6) is 0 Å². The van der Waals surface area contributed by atoms with Crippen LogP contribution in [0.2, 0.25) is 0 Å². The zero-order chi connectivity index (χ0) is 13.2. The summed E-state index contributed by atoms with van der Waals surface area (Å²) in [6.07, 6.45) is 5.55. The number of rotatable bonds is 2. The normalized spacial score (nSPS) is 26.7. The Kier molecular flexibility index (Phi) is 3.18. The molecule has 2 aliphatic rings. The zero-order valence-corrected chi connectivity index (χ0v) is 10.7. The van der Waals surface area contributed by atoms with Crippen LogP contribution in [0.15, 0.2) is 12.4 Å². The highest BCUT2D eigenvalue weighted by atomic mass is 16.2. The molecule has 0 radical (unpaired) electrons. The SMILES string of the molecule is O=C1CCC2CN(C(=O)Cn3ccnn3)CCC2N1. The molecular weight excluding hydrogens is 246 g/mol. The molecule has 19 heavy (non-hydrogen) atoms. The van der Waals surface area contributed by atoms with E-state index in [2.05, 4.69) is 15.6 Å². The third-order valence-electron chi connectivity index (χ3n) is 3.94. The molecule has 7 nitrogen and oxygen atoms in total. The number of likely N-dealkylation sites (tertiary alicyclic amines) is 1. The van der Waals surface area contributed by atoms with E-state index in [1.165, 1.54) is 4.68 Å². The van der Waals surface area contributed by atoms with E-state index in [1.807, 2.05) is 4.90 Å². The summed E-state index contributed by atoms with van der Waals surface area (Å²) in [5, 5.41) is 10.5. The standard InChI is InChI=1S/C12H17N5O2/c18-11-2-1-9-7-16(5-3-10(9)14-11)12(19)8-17-6-4-13-15-17/h4,6,9-10H,1-3,5,7-8H2,(H,14,18). The Morgan fingerprint density at radius 1 is 1.47 bits per heavy atom. The first-order valence-electron chi connectivity index (χ1n) is 6.63. The van der Waals surface area contributed by atoms with Crippen LogP contribution in [0.25, 0.3) is 0 Å². The van der Waals surface area contributed by atoms with Crippen molar-refractivity contribution in [1.29, 1.82) is 0 Å². The zero-order valence-electron chi connectivity index (χ0n) is 10.7. The monoisotopic (exact) mass is 263 g/mol. The molecule has 0 spiro atoms. The molecule has 2 saturated heterocycles. The fourth-order valence-electron chi connectivity index (χ4n) is 2.89. The highest BCUT2D eigenvalue weighted by molar-refractivity contribution is 5.78. The Balaban J connectivity index is 1.58. The summed E-state index contributed by atoms with van der Waals surface area (Å²) in [4.78, 5) is 25.4. The number of fused-ring (bicyclic) bond motifs is 1. The van der Waals surface area contributed by atoms with Gasteiger partial charge in [-0.1, -0.05) is 5.21 Å². The van der Waals surface area contributed by atoms with Crippen molar-refractivity contribution < 1.29 is 9.59 Å². The van der Waals surface area contributed by atoms with Crippen LogP contribution < -0.4 is 5.32 Å². The van der Waals surface area contributed by atoms with Crippen LogP contribution in [0.1, 0.15) is 19.3 Å². The van der Waals surface area contributed by atoms with Crippen molar-refractivity contribution in [3.8, 4) is 0 Å². The highest BCUT2D eigenvalue weighted by Crippen LogP contribution is 2.25. The van der Waals surface area contributed by atoms with Crippen molar-refractivity contribution in [2.75, 3.05) is 13.1 Å². The number of carbonyl (C=O) groups excluding carboxylic acids is 2. The number of nitrogens with zero attached hydrogens (tertiary/aromatic N) is 4. The molecule has 3 heterocycles. The Morgan fingerprint density at radius 3 is 3.16 bits per heavy atom. The van der Waals surface area contributed by atoms with E-state index in [-0.39, 0.29) is 24.4 Å². The molecule has 3 rings (SSSR count). The Hall–Kier alpha value is -1.92. The lowest BCUT2D eigenvalue weighted by atomic mass is 9.85. The van der Waals surface area contributed by atoms with Crippen molar-refractivity contribution in [3.05, 3.63) is 12.4 Å². The molecule has 1 aromatic rings. The van der Waals surface area contributed by atoms with Crippen LogP contribution in [0.3, 0.4) is 0 Å². The van der Waals surface area contributed by atoms with Crippen molar-refractivity contribution in [3.63, 3.8) is 0 Å². The molecular formula is C12H17N5O2. The van der Waals surface area contributed by atoms with Crippen LogP contribution in [0.4, 0.5) is 0 Å². The first kappa shape index (κ1) is 12.1. The molecule has 1 N–H and O–H groups in total. The van der Waals surface area contributed by atoms with Crippen molar-refractivity contribution >= 4 is 11.8 Å². The predicted molar refractivity (Wildman–Crippen MR) is 65.9 cm³/mol. The molecule has 2 aliphatic heterocycles. The Bertz CT molecular complexity index is 472. The molecule has 2 amide bonds. The molecule has 2 fully saturated rings. The summed E-state index contributed by atoms with van der Waals surface area (Å²) >= 11 is 0. The second-order valence-corrected chi connectivity index (χ2v) is 5.20. The largest absolute Gasteiger partial charge is 0.353 e. The lowest BCUT2D eigenvalue weighted by Crippen LogP contribution is -2.55. The summed E-state index contributed by atoms with van der Waals surface area (Å²) in [5.74, 6) is 0.607. The maximum absolute atomic E-state index is 12.2. The summed E-state index contributed by atoms with van der Waals surface area (Å²) in [6, 6.07) is 0.247. The average molecular weight is 263 g/mol. The molecule has 2 atom stereocenters. The second-order valence-electron chi connectivity index (χ2n) is 5.20. The van der Waals surface area contributed by atoms with Gasteiger partial charge in [0, 0.05) is 31.7 Å². The van der Waals surface area contributed by atoms with E-state index in [9.17, 15) is 9.59 Å². The summed E-state index contributed by atoms with van der Waals surface area (Å²) < 4.78 is 1.54. The van der Waals surface area contributed by atoms with Gasteiger partial charge >= 0.3 is 0 Å². The molecule has 0 aliphatic carbocycles. The van der Waals surface area contributed by atoms with E-state index in [0.717, 1.165) is 19.4 Å². The van der Waals surface area contributed by atoms with E-state index in [4.69, 9.17) is 0 Å². The molecule has 1 aromatic heterocycles. The summed E-state index contributed by atoms with van der Waals surface area (Å²) in [6.45, 7) is 1.68. The van der Waals surface area contributed by atoms with E-state index in [0.29, 0.717) is 18.9 Å². The molecule has 0 saturated carbocycles. The molecule has 0 aromatic carbocycles. The van der Waals surface area contributed by atoms with Gasteiger partial charge in [-0.05, 0) is 18.8 Å². The number of aromatic nitrogens is 3. The van der Waals surface area contributed by atoms with Gasteiger partial charge in [-0.15, -0.1) is 5.10 Å². The molecule has 2 unspecified atom stereocenters. The van der Waals surface area contributed by atoms with Gasteiger partial charge in [0.15, 0.2) is 0 Å². The number of hydrogen-bond donors (Lipinski definition) is 1. The predicted octanol–water partition coefficient (Wildman–Crippen LogP) is -0.595. The van der Waals surface area contributed by atoms with E-state index >= 15 is 0 Å². The third-order valence-corrected chi connectivity index (χ3v) is 3.94. The van der Waals surface area contributed by atoms with Gasteiger partial charge in [0.25, 0.3) is 0 Å².